The first-order valence-electron chi connectivity index (χ1n) is 13.7. The number of rotatable bonds is 7. The van der Waals surface area contributed by atoms with Crippen LogP contribution >= 0.6 is 0 Å². The lowest BCUT2D eigenvalue weighted by molar-refractivity contribution is -0.139. The van der Waals surface area contributed by atoms with Crippen molar-refractivity contribution in [1.29, 1.82) is 0 Å². The van der Waals surface area contributed by atoms with E-state index >= 15 is 0 Å². The van der Waals surface area contributed by atoms with E-state index < -0.39 is 17.8 Å². The van der Waals surface area contributed by atoms with Crippen LogP contribution in [0.15, 0.2) is 106 Å². The van der Waals surface area contributed by atoms with Crippen LogP contribution in [-0.4, -0.2) is 31.8 Å². The van der Waals surface area contributed by atoms with Gasteiger partial charge < -0.3 is 18.6 Å². The van der Waals surface area contributed by atoms with E-state index in [1.165, 1.54) is 0 Å². The predicted octanol–water partition coefficient (Wildman–Crippen LogP) is 7.04. The second-order valence-corrected chi connectivity index (χ2v) is 10.1. The number of carbonyl (C=O) groups is 3. The summed E-state index contributed by atoms with van der Waals surface area (Å²) in [5.74, 6) is -0.326. The molecule has 0 N–H and O–H groups in total. The van der Waals surface area contributed by atoms with E-state index in [0.717, 1.165) is 22.6 Å². The van der Waals surface area contributed by atoms with E-state index in [1.807, 2.05) is 49.4 Å². The van der Waals surface area contributed by atoms with Gasteiger partial charge in [-0.05, 0) is 54.5 Å². The molecule has 2 unspecified atom stereocenters. The number of furan rings is 1. The SMILES string of the molecule is CCOC(=O)C1=C(C)C=C2O/C(=C\c3ccc(-c4ccccc4C=O)o3)C(=O)C2C1c1c(OC)ccc2ccccc12. The molecule has 1 aliphatic carbocycles. The molecule has 6 rings (SSSR count). The van der Waals surface area contributed by atoms with Crippen molar-refractivity contribution in [2.75, 3.05) is 13.7 Å². The van der Waals surface area contributed by atoms with Gasteiger partial charge in [0.05, 0.1) is 19.6 Å². The lowest BCUT2D eigenvalue weighted by Crippen LogP contribution is -2.29. The molecule has 2 atom stereocenters. The van der Waals surface area contributed by atoms with Gasteiger partial charge in [0, 0.05) is 34.3 Å². The van der Waals surface area contributed by atoms with Crippen LogP contribution in [0, 0.1) is 5.92 Å². The molecule has 2 aliphatic rings. The molecule has 0 radical (unpaired) electrons. The minimum Gasteiger partial charge on any atom is -0.496 e. The summed E-state index contributed by atoms with van der Waals surface area (Å²) in [6, 6.07) is 22.2. The van der Waals surface area contributed by atoms with Crippen LogP contribution < -0.4 is 4.74 Å². The zero-order valence-corrected chi connectivity index (χ0v) is 23.4. The Morgan fingerprint density at radius 3 is 2.55 bits per heavy atom. The second kappa shape index (κ2) is 11.0. The number of aldehydes is 1. The Balaban J connectivity index is 1.46. The Morgan fingerprint density at radius 1 is 0.976 bits per heavy atom. The molecule has 1 fully saturated rings. The zero-order valence-electron chi connectivity index (χ0n) is 23.4. The molecule has 42 heavy (non-hydrogen) atoms. The minimum absolute atomic E-state index is 0.0953. The van der Waals surface area contributed by atoms with Gasteiger partial charge in [-0.1, -0.05) is 54.6 Å². The molecule has 1 aromatic heterocycles. The monoisotopic (exact) mass is 560 g/mol. The molecule has 0 spiro atoms. The number of benzene rings is 3. The third kappa shape index (κ3) is 4.53. The molecule has 0 saturated carbocycles. The Labute approximate surface area is 242 Å². The molecule has 0 bridgehead atoms. The van der Waals surface area contributed by atoms with Gasteiger partial charge in [0.25, 0.3) is 0 Å². The number of ketones is 1. The minimum atomic E-state index is -0.815. The van der Waals surface area contributed by atoms with Gasteiger partial charge in [-0.15, -0.1) is 0 Å². The lowest BCUT2D eigenvalue weighted by atomic mass is 9.71. The van der Waals surface area contributed by atoms with Crippen molar-refractivity contribution in [3.63, 3.8) is 0 Å². The summed E-state index contributed by atoms with van der Waals surface area (Å²) in [6.45, 7) is 3.76. The van der Waals surface area contributed by atoms with E-state index in [-0.39, 0.29) is 18.1 Å². The maximum absolute atomic E-state index is 14.1. The molecule has 1 aliphatic heterocycles. The third-order valence-electron chi connectivity index (χ3n) is 7.70. The highest BCUT2D eigenvalue weighted by molar-refractivity contribution is 6.07. The van der Waals surface area contributed by atoms with Crippen LogP contribution in [0.5, 0.6) is 5.75 Å². The maximum Gasteiger partial charge on any atom is 0.334 e. The zero-order chi connectivity index (χ0) is 29.4. The summed E-state index contributed by atoms with van der Waals surface area (Å²) in [5, 5.41) is 1.82. The number of esters is 1. The summed E-state index contributed by atoms with van der Waals surface area (Å²) < 4.78 is 23.5. The lowest BCUT2D eigenvalue weighted by Gasteiger charge is -2.30. The van der Waals surface area contributed by atoms with Crippen molar-refractivity contribution in [2.24, 2.45) is 5.92 Å². The van der Waals surface area contributed by atoms with Gasteiger partial charge in [0.15, 0.2) is 12.0 Å². The molecule has 210 valence electrons. The molecule has 4 aromatic rings. The first-order valence-corrected chi connectivity index (χ1v) is 13.7. The smallest absolute Gasteiger partial charge is 0.334 e. The molecule has 0 amide bonds. The first-order chi connectivity index (χ1) is 20.4. The average molecular weight is 561 g/mol. The van der Waals surface area contributed by atoms with E-state index in [0.29, 0.717) is 45.3 Å². The van der Waals surface area contributed by atoms with E-state index in [4.69, 9.17) is 18.6 Å². The number of hydrogen-bond acceptors (Lipinski definition) is 7. The summed E-state index contributed by atoms with van der Waals surface area (Å²) in [6.07, 6.45) is 4.05. The summed E-state index contributed by atoms with van der Waals surface area (Å²) >= 11 is 0. The summed E-state index contributed by atoms with van der Waals surface area (Å²) in [4.78, 5) is 39.1. The fourth-order valence-corrected chi connectivity index (χ4v) is 5.87. The van der Waals surface area contributed by atoms with Gasteiger partial charge in [0.1, 0.15) is 23.0 Å². The van der Waals surface area contributed by atoms with Crippen LogP contribution in [0.3, 0.4) is 0 Å². The van der Waals surface area contributed by atoms with Crippen LogP contribution in [0.1, 0.15) is 41.4 Å². The Morgan fingerprint density at radius 2 is 1.76 bits per heavy atom. The number of hydrogen-bond donors (Lipinski definition) is 0. The van der Waals surface area contributed by atoms with Crippen molar-refractivity contribution < 1.29 is 33.0 Å². The van der Waals surface area contributed by atoms with Crippen molar-refractivity contribution in [3.8, 4) is 17.1 Å². The number of Topliss-reactive ketones (excluding diaryl/α,β-unsaturated/α-hetero) is 1. The molecule has 7 nitrogen and oxygen atoms in total. The summed E-state index contributed by atoms with van der Waals surface area (Å²) in [7, 11) is 1.57. The van der Waals surface area contributed by atoms with Gasteiger partial charge in [-0.25, -0.2) is 4.79 Å². The van der Waals surface area contributed by atoms with Gasteiger partial charge in [-0.2, -0.15) is 0 Å². The van der Waals surface area contributed by atoms with Crippen LogP contribution in [0.4, 0.5) is 0 Å². The normalized spacial score (nSPS) is 19.0. The Bertz CT molecular complexity index is 1830. The largest absolute Gasteiger partial charge is 0.496 e. The van der Waals surface area contributed by atoms with Crippen LogP contribution in [0.25, 0.3) is 28.2 Å². The molecular weight excluding hydrogens is 532 g/mol. The first kappa shape index (κ1) is 27.0. The molecule has 3 aromatic carbocycles. The van der Waals surface area contributed by atoms with Gasteiger partial charge in [0.2, 0.25) is 5.78 Å². The predicted molar refractivity (Wildman–Crippen MR) is 158 cm³/mol. The van der Waals surface area contributed by atoms with Crippen molar-refractivity contribution >= 4 is 34.9 Å². The highest BCUT2D eigenvalue weighted by Gasteiger charge is 2.49. The number of methoxy groups -OCH3 is 1. The van der Waals surface area contributed by atoms with E-state index in [9.17, 15) is 14.4 Å². The molecular formula is C35H28O7. The van der Waals surface area contributed by atoms with Crippen LogP contribution in [-0.2, 0) is 19.1 Å². The van der Waals surface area contributed by atoms with Gasteiger partial charge in [-0.3, -0.25) is 9.59 Å². The van der Waals surface area contributed by atoms with Crippen molar-refractivity contribution in [3.05, 3.63) is 118 Å². The van der Waals surface area contributed by atoms with E-state index in [2.05, 4.69) is 0 Å². The molecule has 7 heteroatoms. The summed E-state index contributed by atoms with van der Waals surface area (Å²) in [5.41, 5.74) is 2.91. The number of allylic oxidation sites excluding steroid dienone is 4. The number of fused-ring (bicyclic) bond motifs is 2. The van der Waals surface area contributed by atoms with Crippen molar-refractivity contribution in [2.45, 2.75) is 19.8 Å². The number of carbonyl (C=O) groups excluding carboxylic acids is 3. The highest BCUT2D eigenvalue weighted by Crippen LogP contribution is 2.52. The average Bonchev–Trinajstić information content (AvgIpc) is 3.59. The number of ether oxygens (including phenoxy) is 3. The van der Waals surface area contributed by atoms with Crippen LogP contribution in [0.2, 0.25) is 0 Å². The molecule has 2 heterocycles. The van der Waals surface area contributed by atoms with Gasteiger partial charge >= 0.3 is 5.97 Å². The second-order valence-electron chi connectivity index (χ2n) is 10.1. The van der Waals surface area contributed by atoms with Crippen molar-refractivity contribution in [1.82, 2.24) is 0 Å². The maximum atomic E-state index is 14.1. The fourth-order valence-electron chi connectivity index (χ4n) is 5.87. The quantitative estimate of drug-likeness (QED) is 0.136. The van der Waals surface area contributed by atoms with E-state index in [1.54, 1.807) is 56.5 Å². The Hall–Kier alpha value is -5.17. The molecule has 1 saturated heterocycles. The highest BCUT2D eigenvalue weighted by atomic mass is 16.5. The Kier molecular flexibility index (Phi) is 7.08. The standard InChI is InChI=1S/C35H28O7/c1-4-40-35(38)30-20(2)17-28-32(33(30)31-25-12-8-5-9-21(25)13-15-27(31)39-3)34(37)29(42-28)18-23-14-16-26(41-23)24-11-7-6-10-22(24)19-36/h5-19,32-33H,4H2,1-3H3/b29-18-. The topological polar surface area (TPSA) is 92.0 Å². The fraction of sp³-hybridized carbons (Fsp3) is 0.171. The third-order valence-corrected chi connectivity index (χ3v) is 7.70.